The monoisotopic (exact) mass is 279 g/mol. The summed E-state index contributed by atoms with van der Waals surface area (Å²) in [6, 6.07) is 7.76. The first-order chi connectivity index (χ1) is 8.58. The molecule has 0 aliphatic rings. The second kappa shape index (κ2) is 5.46. The molecule has 94 valence electrons. The molecule has 3 nitrogen and oxygen atoms in total. The van der Waals surface area contributed by atoms with Gasteiger partial charge in [-0.3, -0.25) is 0 Å². The average Bonchev–Trinajstić information content (AvgIpc) is 2.76. The number of nitrogen functional groups attached to an aromatic ring is 1. The molecular formula is C13H13NO2S2. The van der Waals surface area contributed by atoms with Crippen LogP contribution < -0.4 is 5.73 Å². The summed E-state index contributed by atoms with van der Waals surface area (Å²) >= 11 is 2.82. The molecule has 0 atom stereocenters. The van der Waals surface area contributed by atoms with E-state index in [1.165, 1.54) is 11.3 Å². The minimum absolute atomic E-state index is 0.410. The summed E-state index contributed by atoms with van der Waals surface area (Å²) in [7, 11) is 0. The number of thioether (sulfide) groups is 1. The fourth-order valence-electron chi connectivity index (χ4n) is 1.59. The lowest BCUT2D eigenvalue weighted by molar-refractivity contribution is 0.0701. The Bertz CT molecular complexity index is 578. The second-order valence-corrected chi connectivity index (χ2v) is 5.84. The molecule has 0 spiro atoms. The summed E-state index contributed by atoms with van der Waals surface area (Å²) in [6.45, 7) is 1.99. The van der Waals surface area contributed by atoms with Crippen LogP contribution >= 0.6 is 23.1 Å². The highest BCUT2D eigenvalue weighted by molar-refractivity contribution is 7.98. The van der Waals surface area contributed by atoms with Gasteiger partial charge in [-0.15, -0.1) is 23.1 Å². The maximum absolute atomic E-state index is 11.0. The molecule has 0 amide bonds. The zero-order valence-corrected chi connectivity index (χ0v) is 11.5. The molecule has 0 unspecified atom stereocenters. The highest BCUT2D eigenvalue weighted by atomic mass is 32.2. The van der Waals surface area contributed by atoms with Gasteiger partial charge in [-0.2, -0.15) is 0 Å². The van der Waals surface area contributed by atoms with Crippen LogP contribution in [0.5, 0.6) is 0 Å². The number of aromatic carboxylic acids is 1. The molecule has 18 heavy (non-hydrogen) atoms. The fraction of sp³-hybridized carbons (Fsp3) is 0.154. The number of nitrogens with two attached hydrogens (primary N) is 1. The minimum atomic E-state index is -0.863. The summed E-state index contributed by atoms with van der Waals surface area (Å²) < 4.78 is 0. The van der Waals surface area contributed by atoms with E-state index in [1.807, 2.05) is 31.2 Å². The molecule has 0 aliphatic heterocycles. The lowest BCUT2D eigenvalue weighted by Crippen LogP contribution is -1.96. The third-order valence-corrected chi connectivity index (χ3v) is 4.57. The zero-order chi connectivity index (χ0) is 13.1. The third-order valence-electron chi connectivity index (χ3n) is 2.49. The Balaban J connectivity index is 2.11. The van der Waals surface area contributed by atoms with Gasteiger partial charge in [-0.05, 0) is 41.6 Å². The number of hydrogen-bond acceptors (Lipinski definition) is 4. The van der Waals surface area contributed by atoms with Crippen molar-refractivity contribution in [2.24, 2.45) is 0 Å². The van der Waals surface area contributed by atoms with Crippen LogP contribution in [0, 0.1) is 6.92 Å². The van der Waals surface area contributed by atoms with E-state index in [-0.39, 0.29) is 0 Å². The minimum Gasteiger partial charge on any atom is -0.477 e. The fourth-order valence-corrected chi connectivity index (χ4v) is 3.39. The van der Waals surface area contributed by atoms with Crippen molar-refractivity contribution in [3.63, 3.8) is 0 Å². The number of benzene rings is 1. The Kier molecular flexibility index (Phi) is 3.93. The van der Waals surface area contributed by atoms with Crippen LogP contribution in [0.4, 0.5) is 5.69 Å². The van der Waals surface area contributed by atoms with Crippen molar-refractivity contribution in [1.82, 2.24) is 0 Å². The SMILES string of the molecule is Cc1ccc(SCc2ccsc2C(=O)O)c(N)c1. The Labute approximate surface area is 114 Å². The van der Waals surface area contributed by atoms with E-state index in [4.69, 9.17) is 10.8 Å². The normalized spacial score (nSPS) is 10.5. The first-order valence-corrected chi connectivity index (χ1v) is 7.23. The van der Waals surface area contributed by atoms with Crippen molar-refractivity contribution >= 4 is 34.8 Å². The average molecular weight is 279 g/mol. The summed E-state index contributed by atoms with van der Waals surface area (Å²) in [6.07, 6.45) is 0. The predicted octanol–water partition coefficient (Wildman–Crippen LogP) is 3.63. The smallest absolute Gasteiger partial charge is 0.346 e. The molecule has 0 fully saturated rings. The number of carbonyl (C=O) groups is 1. The first kappa shape index (κ1) is 13.0. The second-order valence-electron chi connectivity index (χ2n) is 3.91. The van der Waals surface area contributed by atoms with E-state index in [9.17, 15) is 4.79 Å². The highest BCUT2D eigenvalue weighted by Crippen LogP contribution is 2.31. The van der Waals surface area contributed by atoms with Crippen molar-refractivity contribution in [2.75, 3.05) is 5.73 Å². The van der Waals surface area contributed by atoms with Crippen molar-refractivity contribution in [1.29, 1.82) is 0 Å². The van der Waals surface area contributed by atoms with Gasteiger partial charge < -0.3 is 10.8 Å². The number of rotatable bonds is 4. The summed E-state index contributed by atoms with van der Waals surface area (Å²) in [5.41, 5.74) is 8.64. The van der Waals surface area contributed by atoms with Gasteiger partial charge in [0.15, 0.2) is 0 Å². The van der Waals surface area contributed by atoms with Crippen LogP contribution in [0.3, 0.4) is 0 Å². The molecule has 0 bridgehead atoms. The third kappa shape index (κ3) is 2.86. The van der Waals surface area contributed by atoms with E-state index in [0.717, 1.165) is 21.7 Å². The predicted molar refractivity (Wildman–Crippen MR) is 76.4 cm³/mol. The van der Waals surface area contributed by atoms with E-state index in [1.54, 1.807) is 17.1 Å². The quantitative estimate of drug-likeness (QED) is 0.662. The summed E-state index contributed by atoms with van der Waals surface area (Å²) in [5.74, 6) is -0.240. The Morgan fingerprint density at radius 2 is 2.22 bits per heavy atom. The molecule has 3 N–H and O–H groups in total. The standard InChI is InChI=1S/C13H13NO2S2/c1-8-2-3-11(10(14)6-8)18-7-9-4-5-17-12(9)13(15)16/h2-6H,7,14H2,1H3,(H,15,16). The molecular weight excluding hydrogens is 266 g/mol. The van der Waals surface area contributed by atoms with Crippen molar-refractivity contribution in [3.8, 4) is 0 Å². The van der Waals surface area contributed by atoms with Crippen LogP contribution in [0.1, 0.15) is 20.8 Å². The summed E-state index contributed by atoms with van der Waals surface area (Å²) in [5, 5.41) is 10.8. The number of aryl methyl sites for hydroxylation is 1. The lowest BCUT2D eigenvalue weighted by atomic mass is 10.2. The maximum atomic E-state index is 11.0. The largest absolute Gasteiger partial charge is 0.477 e. The van der Waals surface area contributed by atoms with E-state index < -0.39 is 5.97 Å². The lowest BCUT2D eigenvalue weighted by Gasteiger charge is -2.06. The van der Waals surface area contributed by atoms with Gasteiger partial charge in [-0.25, -0.2) is 4.79 Å². The van der Waals surface area contributed by atoms with Crippen molar-refractivity contribution < 1.29 is 9.90 Å². The Hall–Kier alpha value is -1.46. The van der Waals surface area contributed by atoms with Crippen LogP contribution in [0.2, 0.25) is 0 Å². The molecule has 0 saturated carbocycles. The van der Waals surface area contributed by atoms with Crippen LogP contribution in [0.25, 0.3) is 0 Å². The Morgan fingerprint density at radius 1 is 1.44 bits per heavy atom. The number of thiophene rings is 1. The molecule has 2 aromatic rings. The molecule has 1 aromatic heterocycles. The van der Waals surface area contributed by atoms with Crippen molar-refractivity contribution in [2.45, 2.75) is 17.6 Å². The van der Waals surface area contributed by atoms with Crippen LogP contribution in [-0.2, 0) is 5.75 Å². The topological polar surface area (TPSA) is 63.3 Å². The van der Waals surface area contributed by atoms with Crippen LogP contribution in [0.15, 0.2) is 34.5 Å². The summed E-state index contributed by atoms with van der Waals surface area (Å²) in [4.78, 5) is 12.4. The van der Waals surface area contributed by atoms with E-state index >= 15 is 0 Å². The first-order valence-electron chi connectivity index (χ1n) is 5.36. The van der Waals surface area contributed by atoms with Gasteiger partial charge in [0.2, 0.25) is 0 Å². The van der Waals surface area contributed by atoms with Gasteiger partial charge in [0, 0.05) is 16.3 Å². The van der Waals surface area contributed by atoms with Crippen molar-refractivity contribution in [3.05, 3.63) is 45.6 Å². The molecule has 5 heteroatoms. The van der Waals surface area contributed by atoms with Crippen LogP contribution in [-0.4, -0.2) is 11.1 Å². The van der Waals surface area contributed by atoms with Gasteiger partial charge >= 0.3 is 5.97 Å². The highest BCUT2D eigenvalue weighted by Gasteiger charge is 2.12. The van der Waals surface area contributed by atoms with Gasteiger partial charge in [0.1, 0.15) is 4.88 Å². The molecule has 1 aromatic carbocycles. The number of carboxylic acids is 1. The maximum Gasteiger partial charge on any atom is 0.346 e. The molecule has 1 heterocycles. The van der Waals surface area contributed by atoms with E-state index in [2.05, 4.69) is 0 Å². The molecule has 2 rings (SSSR count). The van der Waals surface area contributed by atoms with E-state index in [0.29, 0.717) is 10.6 Å². The number of anilines is 1. The zero-order valence-electron chi connectivity index (χ0n) is 9.84. The van der Waals surface area contributed by atoms with Gasteiger partial charge in [0.05, 0.1) is 0 Å². The number of hydrogen-bond donors (Lipinski definition) is 2. The number of carboxylic acid groups (broad SMARTS) is 1. The molecule has 0 aliphatic carbocycles. The van der Waals surface area contributed by atoms with Gasteiger partial charge in [0.25, 0.3) is 0 Å². The van der Waals surface area contributed by atoms with Gasteiger partial charge in [-0.1, -0.05) is 6.07 Å². The molecule has 0 radical (unpaired) electrons. The Morgan fingerprint density at radius 3 is 2.89 bits per heavy atom. The molecule has 0 saturated heterocycles.